The van der Waals surface area contributed by atoms with E-state index in [1.165, 1.54) is 18.2 Å². The highest BCUT2D eigenvalue weighted by atomic mass is 19.1. The van der Waals surface area contributed by atoms with Gasteiger partial charge in [0.15, 0.2) is 0 Å². The predicted molar refractivity (Wildman–Crippen MR) is 75.2 cm³/mol. The van der Waals surface area contributed by atoms with Gasteiger partial charge in [0.1, 0.15) is 5.82 Å². The minimum Gasteiger partial charge on any atom is -0.481 e. The second-order valence-corrected chi connectivity index (χ2v) is 6.17. The molecule has 2 aliphatic carbocycles. The number of hydrogen-bond donors (Lipinski definition) is 2. The molecule has 0 saturated heterocycles. The van der Waals surface area contributed by atoms with Crippen LogP contribution in [0, 0.1) is 36.4 Å². The van der Waals surface area contributed by atoms with Crippen LogP contribution >= 0.6 is 0 Å². The number of anilines is 1. The van der Waals surface area contributed by atoms with Crippen LogP contribution in [-0.4, -0.2) is 17.0 Å². The summed E-state index contributed by atoms with van der Waals surface area (Å²) in [5, 5.41) is 12.2. The van der Waals surface area contributed by atoms with Crippen molar-refractivity contribution in [1.29, 1.82) is 0 Å². The van der Waals surface area contributed by atoms with E-state index < -0.39 is 17.8 Å². The number of carbonyl (C=O) groups excluding carboxylic acids is 1. The number of nitrogens with one attached hydrogen (secondary N) is 1. The fourth-order valence-electron chi connectivity index (χ4n) is 4.01. The lowest BCUT2D eigenvalue weighted by molar-refractivity contribution is -0.148. The van der Waals surface area contributed by atoms with Gasteiger partial charge in [-0.25, -0.2) is 4.39 Å². The van der Waals surface area contributed by atoms with Crippen LogP contribution in [-0.2, 0) is 9.59 Å². The SMILES string of the molecule is Cc1cc(F)ccc1NC(=O)C1C2CCC(C2)C1C(=O)O. The number of hydrogen-bond acceptors (Lipinski definition) is 2. The smallest absolute Gasteiger partial charge is 0.307 e. The number of carbonyl (C=O) groups is 2. The molecule has 2 aliphatic rings. The fraction of sp³-hybridized carbons (Fsp3) is 0.500. The first-order chi connectivity index (χ1) is 9.97. The molecule has 0 aromatic heterocycles. The van der Waals surface area contributed by atoms with Crippen LogP contribution in [0.3, 0.4) is 0 Å². The topological polar surface area (TPSA) is 66.4 Å². The van der Waals surface area contributed by atoms with Gasteiger partial charge in [0.05, 0.1) is 11.8 Å². The van der Waals surface area contributed by atoms with Gasteiger partial charge >= 0.3 is 5.97 Å². The molecule has 0 heterocycles. The summed E-state index contributed by atoms with van der Waals surface area (Å²) in [4.78, 5) is 23.9. The number of carboxylic acid groups (broad SMARTS) is 1. The van der Waals surface area contributed by atoms with Crippen molar-refractivity contribution in [2.45, 2.75) is 26.2 Å². The predicted octanol–water partition coefficient (Wildman–Crippen LogP) is 2.82. The van der Waals surface area contributed by atoms with E-state index in [0.717, 1.165) is 19.3 Å². The highest BCUT2D eigenvalue weighted by Gasteiger charge is 2.53. The number of amides is 1. The Bertz CT molecular complexity index is 601. The van der Waals surface area contributed by atoms with Crippen molar-refractivity contribution in [3.63, 3.8) is 0 Å². The maximum Gasteiger partial charge on any atom is 0.307 e. The summed E-state index contributed by atoms with van der Waals surface area (Å²) in [6.45, 7) is 1.72. The Labute approximate surface area is 122 Å². The molecule has 2 saturated carbocycles. The van der Waals surface area contributed by atoms with Crippen LogP contribution in [0.25, 0.3) is 0 Å². The molecule has 5 heteroatoms. The zero-order valence-electron chi connectivity index (χ0n) is 11.8. The average Bonchev–Trinajstić information content (AvgIpc) is 3.02. The van der Waals surface area contributed by atoms with Crippen molar-refractivity contribution >= 4 is 17.6 Å². The van der Waals surface area contributed by atoms with E-state index in [2.05, 4.69) is 5.32 Å². The summed E-state index contributed by atoms with van der Waals surface area (Å²) in [6.07, 6.45) is 2.66. The van der Waals surface area contributed by atoms with E-state index in [9.17, 15) is 19.1 Å². The van der Waals surface area contributed by atoms with E-state index in [1.54, 1.807) is 6.92 Å². The molecule has 0 radical (unpaired) electrons. The Morgan fingerprint density at radius 1 is 1.24 bits per heavy atom. The molecule has 0 aliphatic heterocycles. The molecule has 4 unspecified atom stereocenters. The first kappa shape index (κ1) is 14.0. The van der Waals surface area contributed by atoms with Crippen molar-refractivity contribution in [2.24, 2.45) is 23.7 Å². The summed E-state index contributed by atoms with van der Waals surface area (Å²) in [5.74, 6) is -2.24. The van der Waals surface area contributed by atoms with Gasteiger partial charge in [0, 0.05) is 5.69 Å². The molecule has 1 aromatic carbocycles. The van der Waals surface area contributed by atoms with E-state index in [0.29, 0.717) is 11.3 Å². The molecule has 1 aromatic rings. The maximum atomic E-state index is 13.1. The van der Waals surface area contributed by atoms with E-state index in [-0.39, 0.29) is 23.6 Å². The van der Waals surface area contributed by atoms with Gasteiger partial charge in [0.25, 0.3) is 0 Å². The van der Waals surface area contributed by atoms with Crippen LogP contribution in [0.5, 0.6) is 0 Å². The Morgan fingerprint density at radius 3 is 2.52 bits per heavy atom. The maximum absolute atomic E-state index is 13.1. The molecule has 0 spiro atoms. The number of halogens is 1. The van der Waals surface area contributed by atoms with Gasteiger partial charge in [-0.05, 0) is 61.8 Å². The lowest BCUT2D eigenvalue weighted by Crippen LogP contribution is -2.38. The third-order valence-corrected chi connectivity index (χ3v) is 4.95. The van der Waals surface area contributed by atoms with Crippen LogP contribution < -0.4 is 5.32 Å². The van der Waals surface area contributed by atoms with Crippen LogP contribution in [0.15, 0.2) is 18.2 Å². The molecular formula is C16H18FNO3. The normalized spacial score (nSPS) is 30.4. The highest BCUT2D eigenvalue weighted by molar-refractivity contribution is 5.96. The summed E-state index contributed by atoms with van der Waals surface area (Å²) in [7, 11) is 0. The second-order valence-electron chi connectivity index (χ2n) is 6.17. The van der Waals surface area contributed by atoms with Crippen molar-refractivity contribution in [3.05, 3.63) is 29.6 Å². The van der Waals surface area contributed by atoms with Gasteiger partial charge in [-0.2, -0.15) is 0 Å². The van der Waals surface area contributed by atoms with Crippen molar-refractivity contribution in [1.82, 2.24) is 0 Å². The summed E-state index contributed by atoms with van der Waals surface area (Å²) < 4.78 is 13.1. The fourth-order valence-corrected chi connectivity index (χ4v) is 4.01. The minimum absolute atomic E-state index is 0.123. The van der Waals surface area contributed by atoms with Gasteiger partial charge in [-0.3, -0.25) is 9.59 Å². The van der Waals surface area contributed by atoms with Crippen molar-refractivity contribution < 1.29 is 19.1 Å². The van der Waals surface area contributed by atoms with Crippen LogP contribution in [0.4, 0.5) is 10.1 Å². The molecular weight excluding hydrogens is 273 g/mol. The van der Waals surface area contributed by atoms with E-state index >= 15 is 0 Å². The Balaban J connectivity index is 1.80. The minimum atomic E-state index is -0.877. The summed E-state index contributed by atoms with van der Waals surface area (Å²) in [6, 6.07) is 4.16. The molecule has 21 heavy (non-hydrogen) atoms. The number of aliphatic carboxylic acids is 1. The second kappa shape index (κ2) is 5.13. The zero-order valence-corrected chi connectivity index (χ0v) is 11.8. The molecule has 112 valence electrons. The lowest BCUT2D eigenvalue weighted by Gasteiger charge is -2.27. The quantitative estimate of drug-likeness (QED) is 0.900. The van der Waals surface area contributed by atoms with Gasteiger partial charge in [0.2, 0.25) is 5.91 Å². The zero-order chi connectivity index (χ0) is 15.1. The third kappa shape index (κ3) is 2.41. The molecule has 4 atom stereocenters. The van der Waals surface area contributed by atoms with Crippen LogP contribution in [0.1, 0.15) is 24.8 Å². The van der Waals surface area contributed by atoms with Gasteiger partial charge in [-0.1, -0.05) is 0 Å². The molecule has 2 fully saturated rings. The molecule has 2 N–H and O–H groups in total. The Morgan fingerprint density at radius 2 is 1.90 bits per heavy atom. The van der Waals surface area contributed by atoms with Crippen molar-refractivity contribution in [3.8, 4) is 0 Å². The number of carboxylic acids is 1. The molecule has 4 nitrogen and oxygen atoms in total. The number of aryl methyl sites for hydroxylation is 1. The number of benzene rings is 1. The van der Waals surface area contributed by atoms with Crippen molar-refractivity contribution in [2.75, 3.05) is 5.32 Å². The standard InChI is InChI=1S/C16H18FNO3/c1-8-6-11(17)4-5-12(8)18-15(19)13-9-2-3-10(7-9)14(13)16(20)21/h4-6,9-10,13-14H,2-3,7H2,1H3,(H,18,19)(H,20,21). The van der Waals surface area contributed by atoms with Gasteiger partial charge < -0.3 is 10.4 Å². The summed E-state index contributed by atoms with van der Waals surface area (Å²) >= 11 is 0. The summed E-state index contributed by atoms with van der Waals surface area (Å²) in [5.41, 5.74) is 1.19. The van der Waals surface area contributed by atoms with E-state index in [4.69, 9.17) is 0 Å². The molecule has 1 amide bonds. The Kier molecular flexibility index (Phi) is 3.43. The third-order valence-electron chi connectivity index (χ3n) is 4.95. The first-order valence-corrected chi connectivity index (χ1v) is 7.27. The average molecular weight is 291 g/mol. The van der Waals surface area contributed by atoms with Crippen LogP contribution in [0.2, 0.25) is 0 Å². The van der Waals surface area contributed by atoms with Gasteiger partial charge in [-0.15, -0.1) is 0 Å². The molecule has 2 bridgehead atoms. The number of fused-ring (bicyclic) bond motifs is 2. The Hall–Kier alpha value is -1.91. The number of rotatable bonds is 3. The lowest BCUT2D eigenvalue weighted by atomic mass is 9.78. The van der Waals surface area contributed by atoms with E-state index in [1.807, 2.05) is 0 Å². The molecule has 3 rings (SSSR count). The highest BCUT2D eigenvalue weighted by Crippen LogP contribution is 2.52. The first-order valence-electron chi connectivity index (χ1n) is 7.27. The monoisotopic (exact) mass is 291 g/mol. The largest absolute Gasteiger partial charge is 0.481 e.